The van der Waals surface area contributed by atoms with E-state index in [1.54, 1.807) is 6.08 Å². The Bertz CT molecular complexity index is 1320. The molecule has 0 fully saturated rings. The van der Waals surface area contributed by atoms with E-state index in [9.17, 15) is 19.2 Å². The van der Waals surface area contributed by atoms with Crippen molar-refractivity contribution >= 4 is 56.8 Å². The first-order chi connectivity index (χ1) is 16.2. The monoisotopic (exact) mass is 501 g/mol. The van der Waals surface area contributed by atoms with Gasteiger partial charge in [-0.3, -0.25) is 14.2 Å². The summed E-state index contributed by atoms with van der Waals surface area (Å²) in [6, 6.07) is 4.12. The third-order valence-electron chi connectivity index (χ3n) is 4.96. The van der Waals surface area contributed by atoms with Crippen LogP contribution in [0.4, 0.5) is 5.69 Å². The Hall–Kier alpha value is -3.44. The fraction of sp³-hybridized carbons (Fsp3) is 0.261. The number of carbonyl (C=O) groups excluding carboxylic acids is 3. The molecule has 178 valence electrons. The first-order valence-corrected chi connectivity index (χ1v) is 11.9. The number of allylic oxidation sites excluding steroid dienone is 1. The lowest BCUT2D eigenvalue weighted by Gasteiger charge is -2.11. The predicted molar refractivity (Wildman–Crippen MR) is 132 cm³/mol. The van der Waals surface area contributed by atoms with Crippen molar-refractivity contribution in [2.45, 2.75) is 25.5 Å². The molecule has 3 aromatic rings. The molecule has 34 heavy (non-hydrogen) atoms. The summed E-state index contributed by atoms with van der Waals surface area (Å²) in [6.07, 6.45) is 1.60. The first-order valence-electron chi connectivity index (χ1n) is 10.1. The maximum Gasteiger partial charge on any atom is 0.337 e. The zero-order valence-corrected chi connectivity index (χ0v) is 20.7. The molecular formula is C23H23N3O6S2. The molecule has 1 aromatic carbocycles. The Morgan fingerprint density at radius 1 is 1.15 bits per heavy atom. The average Bonchev–Trinajstić information content (AvgIpc) is 3.11. The number of thiophene rings is 1. The number of methoxy groups -OCH3 is 2. The number of amides is 1. The summed E-state index contributed by atoms with van der Waals surface area (Å²) in [4.78, 5) is 55.9. The van der Waals surface area contributed by atoms with Gasteiger partial charge in [0, 0.05) is 17.1 Å². The normalized spacial score (nSPS) is 10.7. The first kappa shape index (κ1) is 25.2. The van der Waals surface area contributed by atoms with Crippen LogP contribution < -0.4 is 10.9 Å². The van der Waals surface area contributed by atoms with Crippen LogP contribution in [0.1, 0.15) is 31.2 Å². The topological polar surface area (TPSA) is 117 Å². The van der Waals surface area contributed by atoms with E-state index in [2.05, 4.69) is 16.9 Å². The van der Waals surface area contributed by atoms with Crippen LogP contribution >= 0.6 is 23.1 Å². The quantitative estimate of drug-likeness (QED) is 0.216. The van der Waals surface area contributed by atoms with Gasteiger partial charge in [0.2, 0.25) is 5.91 Å². The molecule has 1 amide bonds. The number of hydrogen-bond donors (Lipinski definition) is 1. The van der Waals surface area contributed by atoms with Crippen molar-refractivity contribution in [2.75, 3.05) is 25.3 Å². The summed E-state index contributed by atoms with van der Waals surface area (Å²) in [5.41, 5.74) is 1.12. The molecule has 0 aliphatic carbocycles. The molecule has 0 unspecified atom stereocenters. The molecule has 0 saturated heterocycles. The second-order valence-corrected chi connectivity index (χ2v) is 9.33. The summed E-state index contributed by atoms with van der Waals surface area (Å²) >= 11 is 2.54. The standard InChI is InChI=1S/C23H23N3O6S2/c1-6-7-26-20(28)18-12(2)13(3)34-19(18)25-23(26)33-11-17(27)24-16-9-14(21(29)31-4)8-15(10-16)22(30)32-5/h6,8-10H,1,7,11H2,2-5H3,(H,24,27). The van der Waals surface area contributed by atoms with Crippen LogP contribution in [0.2, 0.25) is 0 Å². The second kappa shape index (κ2) is 10.7. The number of esters is 2. The minimum atomic E-state index is -0.664. The molecule has 0 aliphatic rings. The fourth-order valence-electron chi connectivity index (χ4n) is 3.21. The van der Waals surface area contributed by atoms with E-state index in [1.165, 1.54) is 48.3 Å². The third kappa shape index (κ3) is 5.20. The van der Waals surface area contributed by atoms with Crippen LogP contribution in [-0.2, 0) is 20.8 Å². The predicted octanol–water partition coefficient (Wildman–Crippen LogP) is 3.56. The number of nitrogens with one attached hydrogen (secondary N) is 1. The number of anilines is 1. The Kier molecular flexibility index (Phi) is 7.90. The van der Waals surface area contributed by atoms with Gasteiger partial charge in [-0.15, -0.1) is 17.9 Å². The molecule has 3 rings (SSSR count). The number of ether oxygens (including phenoxy) is 2. The van der Waals surface area contributed by atoms with Crippen molar-refractivity contribution in [1.29, 1.82) is 0 Å². The number of thioether (sulfide) groups is 1. The van der Waals surface area contributed by atoms with Gasteiger partial charge in [0.05, 0.1) is 36.5 Å². The van der Waals surface area contributed by atoms with Gasteiger partial charge in [-0.1, -0.05) is 17.8 Å². The van der Waals surface area contributed by atoms with Crippen LogP contribution in [0.5, 0.6) is 0 Å². The number of aromatic nitrogens is 2. The molecule has 2 aromatic heterocycles. The summed E-state index contributed by atoms with van der Waals surface area (Å²) in [7, 11) is 2.43. The maximum absolute atomic E-state index is 13.0. The van der Waals surface area contributed by atoms with Crippen molar-refractivity contribution in [3.63, 3.8) is 0 Å². The highest BCUT2D eigenvalue weighted by atomic mass is 32.2. The zero-order chi connectivity index (χ0) is 25.0. The number of benzene rings is 1. The highest BCUT2D eigenvalue weighted by Gasteiger charge is 2.18. The van der Waals surface area contributed by atoms with E-state index < -0.39 is 17.8 Å². The van der Waals surface area contributed by atoms with Gasteiger partial charge in [0.25, 0.3) is 5.56 Å². The highest BCUT2D eigenvalue weighted by Crippen LogP contribution is 2.28. The van der Waals surface area contributed by atoms with E-state index >= 15 is 0 Å². The van der Waals surface area contributed by atoms with Gasteiger partial charge < -0.3 is 14.8 Å². The van der Waals surface area contributed by atoms with Crippen molar-refractivity contribution in [3.8, 4) is 0 Å². The van der Waals surface area contributed by atoms with E-state index in [0.29, 0.717) is 15.4 Å². The molecular weight excluding hydrogens is 478 g/mol. The summed E-state index contributed by atoms with van der Waals surface area (Å²) < 4.78 is 10.9. The van der Waals surface area contributed by atoms with Crippen LogP contribution in [-0.4, -0.2) is 47.4 Å². The van der Waals surface area contributed by atoms with E-state index in [-0.39, 0.29) is 34.7 Å². The number of aryl methyl sites for hydroxylation is 2. The molecule has 11 heteroatoms. The number of fused-ring (bicyclic) bond motifs is 1. The molecule has 0 atom stereocenters. The minimum absolute atomic E-state index is 0.0611. The molecule has 9 nitrogen and oxygen atoms in total. The van der Waals surface area contributed by atoms with Crippen LogP contribution in [0.3, 0.4) is 0 Å². The van der Waals surface area contributed by atoms with E-state index in [1.807, 2.05) is 13.8 Å². The fourth-order valence-corrected chi connectivity index (χ4v) is 5.09. The summed E-state index contributed by atoms with van der Waals surface area (Å²) in [5.74, 6) is -1.80. The molecule has 0 radical (unpaired) electrons. The number of rotatable bonds is 8. The zero-order valence-electron chi connectivity index (χ0n) is 19.1. The third-order valence-corrected chi connectivity index (χ3v) is 7.03. The minimum Gasteiger partial charge on any atom is -0.465 e. The smallest absolute Gasteiger partial charge is 0.337 e. The number of nitrogens with zero attached hydrogens (tertiary/aromatic N) is 2. The lowest BCUT2D eigenvalue weighted by molar-refractivity contribution is -0.113. The lowest BCUT2D eigenvalue weighted by atomic mass is 10.1. The Balaban J connectivity index is 1.86. The Morgan fingerprint density at radius 3 is 2.32 bits per heavy atom. The Morgan fingerprint density at radius 2 is 1.76 bits per heavy atom. The van der Waals surface area contributed by atoms with Gasteiger partial charge in [-0.25, -0.2) is 14.6 Å². The van der Waals surface area contributed by atoms with E-state index in [0.717, 1.165) is 22.2 Å². The van der Waals surface area contributed by atoms with Crippen LogP contribution in [0.15, 0.2) is 40.8 Å². The largest absolute Gasteiger partial charge is 0.465 e. The second-order valence-electron chi connectivity index (χ2n) is 7.18. The molecule has 2 heterocycles. The van der Waals surface area contributed by atoms with Crippen molar-refractivity contribution in [1.82, 2.24) is 9.55 Å². The Labute approximate surface area is 203 Å². The molecule has 1 N–H and O–H groups in total. The van der Waals surface area contributed by atoms with E-state index in [4.69, 9.17) is 9.47 Å². The average molecular weight is 502 g/mol. The van der Waals surface area contributed by atoms with Crippen molar-refractivity contribution in [3.05, 3.63) is 62.8 Å². The molecule has 0 bridgehead atoms. The van der Waals surface area contributed by atoms with Gasteiger partial charge in [-0.2, -0.15) is 0 Å². The molecule has 0 spiro atoms. The number of hydrogen-bond acceptors (Lipinski definition) is 9. The van der Waals surface area contributed by atoms with Gasteiger partial charge in [0.1, 0.15) is 4.83 Å². The lowest BCUT2D eigenvalue weighted by Crippen LogP contribution is -2.23. The molecule has 0 aliphatic heterocycles. The van der Waals surface area contributed by atoms with Crippen LogP contribution in [0, 0.1) is 13.8 Å². The van der Waals surface area contributed by atoms with Crippen molar-refractivity contribution in [2.24, 2.45) is 0 Å². The summed E-state index contributed by atoms with van der Waals surface area (Å²) in [6.45, 7) is 7.79. The highest BCUT2D eigenvalue weighted by molar-refractivity contribution is 7.99. The molecule has 0 saturated carbocycles. The SMILES string of the molecule is C=CCn1c(SCC(=O)Nc2cc(C(=O)OC)cc(C(=O)OC)c2)nc2sc(C)c(C)c2c1=O. The van der Waals surface area contributed by atoms with Gasteiger partial charge in [-0.05, 0) is 37.6 Å². The summed E-state index contributed by atoms with van der Waals surface area (Å²) in [5, 5.41) is 3.63. The number of carbonyl (C=O) groups is 3. The van der Waals surface area contributed by atoms with Crippen molar-refractivity contribution < 1.29 is 23.9 Å². The maximum atomic E-state index is 13.0. The van der Waals surface area contributed by atoms with Gasteiger partial charge in [0.15, 0.2) is 5.16 Å². The van der Waals surface area contributed by atoms with Crippen LogP contribution in [0.25, 0.3) is 10.2 Å². The van der Waals surface area contributed by atoms with Gasteiger partial charge >= 0.3 is 11.9 Å².